The lowest BCUT2D eigenvalue weighted by atomic mass is 9.99. The van der Waals surface area contributed by atoms with Crippen molar-refractivity contribution in [1.82, 2.24) is 4.90 Å². The molecule has 0 amide bonds. The van der Waals surface area contributed by atoms with Crippen molar-refractivity contribution in [3.63, 3.8) is 0 Å². The minimum absolute atomic E-state index is 0.0581. The Balaban J connectivity index is 1.48. The maximum atomic E-state index is 13.0. The Morgan fingerprint density at radius 1 is 1.00 bits per heavy atom. The van der Waals surface area contributed by atoms with Crippen molar-refractivity contribution in [3.05, 3.63) is 63.7 Å². The molecule has 0 aromatic heterocycles. The SMILES string of the molecule is O=C1c2ccc(Cl)cc2CCc2ccc(OCCN3CCOCC3)cc21. The van der Waals surface area contributed by atoms with Gasteiger partial charge in [-0.15, -0.1) is 0 Å². The van der Waals surface area contributed by atoms with Gasteiger partial charge in [-0.1, -0.05) is 17.7 Å². The van der Waals surface area contributed by atoms with Crippen LogP contribution in [0.4, 0.5) is 0 Å². The van der Waals surface area contributed by atoms with Crippen LogP contribution in [0, 0.1) is 0 Å². The minimum atomic E-state index is 0.0581. The van der Waals surface area contributed by atoms with E-state index in [1.165, 1.54) is 0 Å². The molecule has 2 aromatic carbocycles. The van der Waals surface area contributed by atoms with Crippen LogP contribution in [0.1, 0.15) is 27.0 Å². The van der Waals surface area contributed by atoms with Crippen LogP contribution in [0.15, 0.2) is 36.4 Å². The van der Waals surface area contributed by atoms with Crippen molar-refractivity contribution < 1.29 is 14.3 Å². The summed E-state index contributed by atoms with van der Waals surface area (Å²) in [6.45, 7) is 4.96. The van der Waals surface area contributed by atoms with Crippen LogP contribution in [0.5, 0.6) is 5.75 Å². The molecule has 4 rings (SSSR count). The maximum Gasteiger partial charge on any atom is 0.193 e. The zero-order chi connectivity index (χ0) is 17.9. The van der Waals surface area contributed by atoms with Gasteiger partial charge in [0.05, 0.1) is 13.2 Å². The van der Waals surface area contributed by atoms with Gasteiger partial charge in [0.2, 0.25) is 0 Å². The molecule has 26 heavy (non-hydrogen) atoms. The number of hydrogen-bond donors (Lipinski definition) is 0. The highest BCUT2D eigenvalue weighted by Gasteiger charge is 2.22. The molecule has 1 aliphatic heterocycles. The first-order chi connectivity index (χ1) is 12.7. The maximum absolute atomic E-state index is 13.0. The topological polar surface area (TPSA) is 38.8 Å². The third kappa shape index (κ3) is 3.78. The molecule has 0 atom stereocenters. The van der Waals surface area contributed by atoms with Gasteiger partial charge in [0.15, 0.2) is 5.78 Å². The molecular formula is C21H22ClNO3. The van der Waals surface area contributed by atoms with E-state index in [0.29, 0.717) is 11.6 Å². The van der Waals surface area contributed by atoms with E-state index in [1.54, 1.807) is 6.07 Å². The van der Waals surface area contributed by atoms with Crippen LogP contribution in [-0.4, -0.2) is 50.1 Å². The van der Waals surface area contributed by atoms with E-state index in [9.17, 15) is 4.79 Å². The number of nitrogens with zero attached hydrogens (tertiary/aromatic N) is 1. The Morgan fingerprint density at radius 2 is 1.81 bits per heavy atom. The molecule has 0 unspecified atom stereocenters. The number of halogens is 1. The molecule has 0 N–H and O–H groups in total. The van der Waals surface area contributed by atoms with Gasteiger partial charge in [-0.25, -0.2) is 0 Å². The largest absolute Gasteiger partial charge is 0.492 e. The Hall–Kier alpha value is -1.88. The highest BCUT2D eigenvalue weighted by atomic mass is 35.5. The lowest BCUT2D eigenvalue weighted by Crippen LogP contribution is -2.38. The van der Waals surface area contributed by atoms with Gasteiger partial charge in [-0.3, -0.25) is 9.69 Å². The number of hydrogen-bond acceptors (Lipinski definition) is 4. The number of aryl methyl sites for hydroxylation is 2. The molecule has 1 aliphatic carbocycles. The summed E-state index contributed by atoms with van der Waals surface area (Å²) in [5, 5.41) is 0.676. The van der Waals surface area contributed by atoms with E-state index in [0.717, 1.165) is 73.7 Å². The highest BCUT2D eigenvalue weighted by Crippen LogP contribution is 2.29. The number of fused-ring (bicyclic) bond motifs is 2. The van der Waals surface area contributed by atoms with Crippen molar-refractivity contribution in [2.24, 2.45) is 0 Å². The summed E-state index contributed by atoms with van der Waals surface area (Å²) in [7, 11) is 0. The van der Waals surface area contributed by atoms with E-state index in [4.69, 9.17) is 21.1 Å². The van der Waals surface area contributed by atoms with Gasteiger partial charge in [0.25, 0.3) is 0 Å². The van der Waals surface area contributed by atoms with Crippen LogP contribution in [-0.2, 0) is 17.6 Å². The summed E-state index contributed by atoms with van der Waals surface area (Å²) in [6.07, 6.45) is 1.66. The summed E-state index contributed by atoms with van der Waals surface area (Å²) in [4.78, 5) is 15.3. The predicted molar refractivity (Wildman–Crippen MR) is 101 cm³/mol. The Morgan fingerprint density at radius 3 is 2.65 bits per heavy atom. The number of morpholine rings is 1. The summed E-state index contributed by atoms with van der Waals surface area (Å²) in [5.41, 5.74) is 3.59. The molecule has 1 fully saturated rings. The first-order valence-electron chi connectivity index (χ1n) is 9.10. The van der Waals surface area contributed by atoms with Crippen molar-refractivity contribution in [2.75, 3.05) is 39.5 Å². The van der Waals surface area contributed by atoms with E-state index < -0.39 is 0 Å². The monoisotopic (exact) mass is 371 g/mol. The molecule has 0 spiro atoms. The number of benzene rings is 2. The van der Waals surface area contributed by atoms with E-state index in [2.05, 4.69) is 4.90 Å². The van der Waals surface area contributed by atoms with Gasteiger partial charge in [-0.05, 0) is 54.3 Å². The number of carbonyl (C=O) groups excluding carboxylic acids is 1. The number of rotatable bonds is 4. The second kappa shape index (κ2) is 7.78. The highest BCUT2D eigenvalue weighted by molar-refractivity contribution is 6.30. The minimum Gasteiger partial charge on any atom is -0.492 e. The lowest BCUT2D eigenvalue weighted by molar-refractivity contribution is 0.0322. The van der Waals surface area contributed by atoms with Crippen LogP contribution >= 0.6 is 11.6 Å². The summed E-state index contributed by atoms with van der Waals surface area (Å²) >= 11 is 6.09. The smallest absolute Gasteiger partial charge is 0.193 e. The van der Waals surface area contributed by atoms with Gasteiger partial charge >= 0.3 is 0 Å². The Kier molecular flexibility index (Phi) is 5.25. The Bertz CT molecular complexity index is 815. The van der Waals surface area contributed by atoms with Gasteiger partial charge in [0, 0.05) is 35.8 Å². The molecule has 1 saturated heterocycles. The third-order valence-corrected chi connectivity index (χ3v) is 5.32. The van der Waals surface area contributed by atoms with Gasteiger partial charge in [-0.2, -0.15) is 0 Å². The fourth-order valence-corrected chi connectivity index (χ4v) is 3.79. The van der Waals surface area contributed by atoms with Crippen LogP contribution < -0.4 is 4.74 Å². The number of ether oxygens (including phenoxy) is 2. The first-order valence-corrected chi connectivity index (χ1v) is 9.47. The molecule has 5 heteroatoms. The van der Waals surface area contributed by atoms with Gasteiger partial charge < -0.3 is 9.47 Å². The molecule has 2 aliphatic rings. The molecule has 2 aromatic rings. The average Bonchev–Trinajstić information content (AvgIpc) is 2.79. The fraction of sp³-hybridized carbons (Fsp3) is 0.381. The lowest BCUT2D eigenvalue weighted by Gasteiger charge is -2.26. The first kappa shape index (κ1) is 17.5. The molecular weight excluding hydrogens is 350 g/mol. The van der Waals surface area contributed by atoms with E-state index in [1.807, 2.05) is 30.3 Å². The summed E-state index contributed by atoms with van der Waals surface area (Å²) < 4.78 is 11.3. The summed E-state index contributed by atoms with van der Waals surface area (Å²) in [5.74, 6) is 0.811. The van der Waals surface area contributed by atoms with Crippen molar-refractivity contribution in [1.29, 1.82) is 0 Å². The zero-order valence-electron chi connectivity index (χ0n) is 14.7. The number of ketones is 1. The van der Waals surface area contributed by atoms with Crippen molar-refractivity contribution in [2.45, 2.75) is 12.8 Å². The molecule has 1 heterocycles. The average molecular weight is 372 g/mol. The zero-order valence-corrected chi connectivity index (χ0v) is 15.4. The quantitative estimate of drug-likeness (QED) is 0.826. The molecule has 0 bridgehead atoms. The predicted octanol–water partition coefficient (Wildman–Crippen LogP) is 3.38. The fourth-order valence-electron chi connectivity index (χ4n) is 3.60. The molecule has 0 radical (unpaired) electrons. The van der Waals surface area contributed by atoms with E-state index >= 15 is 0 Å². The van der Waals surface area contributed by atoms with Gasteiger partial charge in [0.1, 0.15) is 12.4 Å². The van der Waals surface area contributed by atoms with E-state index in [-0.39, 0.29) is 5.78 Å². The standard InChI is InChI=1S/C21H22ClNO3/c22-17-4-6-19-16(13-17)2-1-15-3-5-18(14-20(15)21(19)24)26-12-9-23-7-10-25-11-8-23/h3-6,13-14H,1-2,7-12H2. The van der Waals surface area contributed by atoms with Crippen LogP contribution in [0.25, 0.3) is 0 Å². The van der Waals surface area contributed by atoms with Crippen LogP contribution in [0.3, 0.4) is 0 Å². The molecule has 0 saturated carbocycles. The second-order valence-electron chi connectivity index (χ2n) is 6.75. The van der Waals surface area contributed by atoms with Crippen molar-refractivity contribution >= 4 is 17.4 Å². The normalized spacial score (nSPS) is 17.3. The Labute approximate surface area is 158 Å². The second-order valence-corrected chi connectivity index (χ2v) is 7.19. The van der Waals surface area contributed by atoms with Crippen LogP contribution in [0.2, 0.25) is 5.02 Å². The molecule has 4 nitrogen and oxygen atoms in total. The van der Waals surface area contributed by atoms with Crippen molar-refractivity contribution in [3.8, 4) is 5.75 Å². The number of carbonyl (C=O) groups is 1. The summed E-state index contributed by atoms with van der Waals surface area (Å²) in [6, 6.07) is 11.4. The molecule has 136 valence electrons. The third-order valence-electron chi connectivity index (χ3n) is 5.08.